The number of nitrogens with one attached hydrogen (secondary N) is 2. The fourth-order valence-electron chi connectivity index (χ4n) is 6.49. The van der Waals surface area contributed by atoms with Gasteiger partial charge in [0, 0.05) is 57.1 Å². The third kappa shape index (κ3) is 5.39. The lowest BCUT2D eigenvalue weighted by Gasteiger charge is -2.41. The molecule has 2 N–H and O–H groups in total. The highest BCUT2D eigenvalue weighted by Gasteiger charge is 2.59. The molecule has 0 aliphatic carbocycles. The van der Waals surface area contributed by atoms with Gasteiger partial charge >= 0.3 is 6.03 Å². The van der Waals surface area contributed by atoms with Crippen LogP contribution in [-0.4, -0.2) is 87.1 Å². The molecule has 12 nitrogen and oxygen atoms in total. The van der Waals surface area contributed by atoms with Crippen molar-refractivity contribution in [2.75, 3.05) is 50.2 Å². The molecule has 0 bridgehead atoms. The van der Waals surface area contributed by atoms with Crippen molar-refractivity contribution in [2.24, 2.45) is 0 Å². The van der Waals surface area contributed by atoms with Gasteiger partial charge in [0.05, 0.1) is 34.4 Å². The molecule has 3 amide bonds. The third-order valence-corrected chi connectivity index (χ3v) is 10.4. The van der Waals surface area contributed by atoms with Crippen molar-refractivity contribution in [3.05, 3.63) is 83.6 Å². The number of ether oxygens (including phenoxy) is 1. The number of hydrogen-bond donors (Lipinski definition) is 2. The maximum atomic E-state index is 14.9. The minimum absolute atomic E-state index is 0.0341. The van der Waals surface area contributed by atoms with Crippen LogP contribution in [0.5, 0.6) is 5.88 Å². The van der Waals surface area contributed by atoms with E-state index >= 15 is 0 Å². The predicted molar refractivity (Wildman–Crippen MR) is 166 cm³/mol. The van der Waals surface area contributed by atoms with Gasteiger partial charge in [-0.3, -0.25) is 9.69 Å². The molecule has 3 aliphatic heterocycles. The molecule has 2 saturated heterocycles. The summed E-state index contributed by atoms with van der Waals surface area (Å²) >= 11 is 0. The van der Waals surface area contributed by atoms with E-state index in [2.05, 4.69) is 26.6 Å². The zero-order chi connectivity index (χ0) is 31.6. The molecule has 0 radical (unpaired) electrons. The Bertz CT molecular complexity index is 1730. The van der Waals surface area contributed by atoms with Crippen LogP contribution in [0.4, 0.5) is 10.5 Å². The quantitative estimate of drug-likeness (QED) is 0.402. The summed E-state index contributed by atoms with van der Waals surface area (Å²) in [6, 6.07) is 17.1. The van der Waals surface area contributed by atoms with Crippen LogP contribution in [0.1, 0.15) is 36.5 Å². The van der Waals surface area contributed by atoms with Crippen molar-refractivity contribution in [1.29, 1.82) is 5.26 Å². The molecule has 0 spiro atoms. The third-order valence-electron chi connectivity index (χ3n) is 8.71. The van der Waals surface area contributed by atoms with Crippen LogP contribution in [0, 0.1) is 11.3 Å². The highest BCUT2D eigenvalue weighted by atomic mass is 32.2. The number of amides is 3. The number of carbonyl (C=O) groups is 2. The zero-order valence-corrected chi connectivity index (χ0v) is 25.8. The van der Waals surface area contributed by atoms with E-state index in [4.69, 9.17) is 4.74 Å². The molecule has 4 heterocycles. The molecule has 2 aromatic carbocycles. The van der Waals surface area contributed by atoms with Gasteiger partial charge in [0.15, 0.2) is 5.54 Å². The summed E-state index contributed by atoms with van der Waals surface area (Å²) in [6.45, 7) is 6.69. The molecule has 13 heteroatoms. The van der Waals surface area contributed by atoms with E-state index in [1.807, 2.05) is 0 Å². The number of likely N-dealkylation sites (tertiary alicyclic amines) is 1. The molecule has 3 aliphatic rings. The first-order valence-electron chi connectivity index (χ1n) is 15.1. The van der Waals surface area contributed by atoms with Crippen LogP contribution in [0.2, 0.25) is 0 Å². The molecular formula is C32H35N7O5S. The molecule has 6 rings (SSSR count). The Balaban J connectivity index is 1.45. The summed E-state index contributed by atoms with van der Waals surface area (Å²) in [5.74, 6) is -0.854. The largest absolute Gasteiger partial charge is 0.478 e. The number of aromatic nitrogens is 1. The van der Waals surface area contributed by atoms with Crippen LogP contribution >= 0.6 is 0 Å². The number of pyridine rings is 1. The van der Waals surface area contributed by atoms with Gasteiger partial charge in [0.25, 0.3) is 15.9 Å². The van der Waals surface area contributed by atoms with Gasteiger partial charge < -0.3 is 20.3 Å². The smallest absolute Gasteiger partial charge is 0.318 e. The molecular weight excluding hydrogens is 594 g/mol. The van der Waals surface area contributed by atoms with Gasteiger partial charge in [-0.05, 0) is 62.2 Å². The van der Waals surface area contributed by atoms with Crippen LogP contribution in [0.25, 0.3) is 0 Å². The Hall–Kier alpha value is -4.51. The summed E-state index contributed by atoms with van der Waals surface area (Å²) in [7, 11) is -4.44. The SMILES string of the molecule is CCOc1ncccc1C1(NC(=O)N2CCC(N3CCNCC3)CC2)C(=O)N(S(=O)(=O)c2ccccc2)c2ccc(C#N)cc21. The number of sulfonamides is 1. The topological polar surface area (TPSA) is 148 Å². The molecule has 2 fully saturated rings. The van der Waals surface area contributed by atoms with Crippen molar-refractivity contribution in [3.63, 3.8) is 0 Å². The Morgan fingerprint density at radius 2 is 1.80 bits per heavy atom. The first-order valence-corrected chi connectivity index (χ1v) is 16.5. The van der Waals surface area contributed by atoms with E-state index in [-0.39, 0.29) is 39.8 Å². The second-order valence-electron chi connectivity index (χ2n) is 11.2. The Labute approximate surface area is 262 Å². The van der Waals surface area contributed by atoms with E-state index in [1.165, 1.54) is 36.5 Å². The first kappa shape index (κ1) is 30.5. The molecule has 1 unspecified atom stereocenters. The molecule has 0 saturated carbocycles. The molecule has 1 aromatic heterocycles. The number of hydrogen-bond acceptors (Lipinski definition) is 9. The maximum absolute atomic E-state index is 14.9. The summed E-state index contributed by atoms with van der Waals surface area (Å²) in [4.78, 5) is 37.4. The second-order valence-corrected chi connectivity index (χ2v) is 13.0. The summed E-state index contributed by atoms with van der Waals surface area (Å²) < 4.78 is 34.8. The van der Waals surface area contributed by atoms with E-state index in [0.717, 1.165) is 43.3 Å². The van der Waals surface area contributed by atoms with E-state index in [9.17, 15) is 23.3 Å². The molecule has 45 heavy (non-hydrogen) atoms. The monoisotopic (exact) mass is 629 g/mol. The fourth-order valence-corrected chi connectivity index (χ4v) is 7.98. The van der Waals surface area contributed by atoms with Crippen LogP contribution in [-0.2, 0) is 20.4 Å². The fraction of sp³-hybridized carbons (Fsp3) is 0.375. The highest BCUT2D eigenvalue weighted by molar-refractivity contribution is 7.93. The average Bonchev–Trinajstić information content (AvgIpc) is 3.33. The van der Waals surface area contributed by atoms with Crippen molar-refractivity contribution in [3.8, 4) is 11.9 Å². The Morgan fingerprint density at radius 3 is 2.49 bits per heavy atom. The van der Waals surface area contributed by atoms with Crippen molar-refractivity contribution < 1.29 is 22.7 Å². The zero-order valence-electron chi connectivity index (χ0n) is 25.0. The first-order chi connectivity index (χ1) is 21.8. The summed E-state index contributed by atoms with van der Waals surface area (Å²) in [5.41, 5.74) is -1.52. The lowest BCUT2D eigenvalue weighted by atomic mass is 9.83. The lowest BCUT2D eigenvalue weighted by Crippen LogP contribution is -2.59. The van der Waals surface area contributed by atoms with E-state index < -0.39 is 27.5 Å². The van der Waals surface area contributed by atoms with Gasteiger partial charge in [-0.1, -0.05) is 18.2 Å². The summed E-state index contributed by atoms with van der Waals surface area (Å²) in [5, 5.41) is 16.2. The number of piperazine rings is 1. The van der Waals surface area contributed by atoms with Gasteiger partial charge in [-0.2, -0.15) is 9.57 Å². The number of rotatable bonds is 7. The van der Waals surface area contributed by atoms with Crippen LogP contribution in [0.3, 0.4) is 0 Å². The number of urea groups is 1. The Kier molecular flexibility index (Phi) is 8.46. The number of fused-ring (bicyclic) bond motifs is 1. The number of carbonyl (C=O) groups excluding carboxylic acids is 2. The number of anilines is 1. The van der Waals surface area contributed by atoms with E-state index in [0.29, 0.717) is 19.1 Å². The van der Waals surface area contributed by atoms with Gasteiger partial charge in [-0.15, -0.1) is 0 Å². The number of nitriles is 1. The van der Waals surface area contributed by atoms with Crippen molar-refractivity contribution in [1.82, 2.24) is 25.4 Å². The lowest BCUT2D eigenvalue weighted by molar-refractivity contribution is -0.121. The minimum atomic E-state index is -4.44. The number of piperidine rings is 1. The van der Waals surface area contributed by atoms with Gasteiger partial charge in [0.1, 0.15) is 0 Å². The van der Waals surface area contributed by atoms with E-state index in [1.54, 1.807) is 42.2 Å². The van der Waals surface area contributed by atoms with Crippen LogP contribution in [0.15, 0.2) is 71.8 Å². The normalized spacial score (nSPS) is 20.8. The highest BCUT2D eigenvalue weighted by Crippen LogP contribution is 2.49. The molecule has 234 valence electrons. The van der Waals surface area contributed by atoms with Gasteiger partial charge in [-0.25, -0.2) is 18.2 Å². The van der Waals surface area contributed by atoms with Crippen molar-refractivity contribution >= 4 is 27.6 Å². The number of benzene rings is 2. The second kappa shape index (κ2) is 12.5. The van der Waals surface area contributed by atoms with Gasteiger partial charge in [0.2, 0.25) is 5.88 Å². The average molecular weight is 630 g/mol. The maximum Gasteiger partial charge on any atom is 0.318 e. The van der Waals surface area contributed by atoms with Crippen LogP contribution < -0.4 is 19.7 Å². The summed E-state index contributed by atoms with van der Waals surface area (Å²) in [6.07, 6.45) is 3.04. The number of nitrogens with zero attached hydrogens (tertiary/aromatic N) is 5. The molecule has 3 aromatic rings. The van der Waals surface area contributed by atoms with Crippen molar-refractivity contribution in [2.45, 2.75) is 36.2 Å². The molecule has 1 atom stereocenters. The Morgan fingerprint density at radius 1 is 1.07 bits per heavy atom. The minimum Gasteiger partial charge on any atom is -0.478 e. The standard InChI is InChI=1S/C32H35N7O5S/c1-2-44-29-26(9-6-14-35-29)32(36-31(41)38-17-12-24(13-18-38)37-19-15-34-16-20-37)27-21-23(22-33)10-11-28(27)39(30(32)40)45(42,43)25-7-4-3-5-8-25/h3-11,14,21,24,34H,2,12-13,15-20H2,1H3,(H,36,41). The predicted octanol–water partition coefficient (Wildman–Crippen LogP) is 2.41.